The molecular weight excluding hydrogens is 235 g/mol. The van der Waals surface area contributed by atoms with Crippen LogP contribution in [0.1, 0.15) is 41.0 Å². The summed E-state index contributed by atoms with van der Waals surface area (Å²) in [6, 6.07) is 0. The molecule has 0 saturated carbocycles. The SMILES string of the molecule is CC(C)=C/C(C)=C\P(C)CC1C=C(C)C(C)=CC1. The summed E-state index contributed by atoms with van der Waals surface area (Å²) < 4.78 is 0. The van der Waals surface area contributed by atoms with Gasteiger partial charge in [-0.2, -0.15) is 0 Å². The molecule has 0 nitrogen and oxygen atoms in total. The molecule has 100 valence electrons. The van der Waals surface area contributed by atoms with Gasteiger partial charge in [-0.25, -0.2) is 0 Å². The fourth-order valence-corrected chi connectivity index (χ4v) is 4.30. The summed E-state index contributed by atoms with van der Waals surface area (Å²) in [5.41, 5.74) is 5.74. The summed E-state index contributed by atoms with van der Waals surface area (Å²) in [6.07, 6.45) is 9.70. The van der Waals surface area contributed by atoms with Gasteiger partial charge < -0.3 is 0 Å². The highest BCUT2D eigenvalue weighted by Crippen LogP contribution is 2.39. The lowest BCUT2D eigenvalue weighted by molar-refractivity contribution is 0.730. The van der Waals surface area contributed by atoms with Crippen molar-refractivity contribution in [2.24, 2.45) is 5.92 Å². The van der Waals surface area contributed by atoms with Gasteiger partial charge in [0.2, 0.25) is 0 Å². The zero-order valence-corrected chi connectivity index (χ0v) is 13.6. The van der Waals surface area contributed by atoms with Crippen molar-refractivity contribution in [2.45, 2.75) is 41.0 Å². The van der Waals surface area contributed by atoms with Crippen LogP contribution >= 0.6 is 7.92 Å². The van der Waals surface area contributed by atoms with Crippen molar-refractivity contribution in [1.82, 2.24) is 0 Å². The highest BCUT2D eigenvalue weighted by Gasteiger charge is 2.12. The predicted octanol–water partition coefficient (Wildman–Crippen LogP) is 5.88. The molecule has 0 fully saturated rings. The molecular formula is C17H27P. The van der Waals surface area contributed by atoms with Crippen LogP contribution in [0.4, 0.5) is 0 Å². The monoisotopic (exact) mass is 262 g/mol. The maximum atomic E-state index is 2.47. The van der Waals surface area contributed by atoms with Gasteiger partial charge in [0.05, 0.1) is 0 Å². The first-order valence-electron chi connectivity index (χ1n) is 6.77. The molecule has 0 radical (unpaired) electrons. The third-order valence-electron chi connectivity index (χ3n) is 3.30. The van der Waals surface area contributed by atoms with E-state index in [-0.39, 0.29) is 7.92 Å². The second-order valence-electron chi connectivity index (χ2n) is 5.77. The normalized spacial score (nSPS) is 22.1. The van der Waals surface area contributed by atoms with Crippen molar-refractivity contribution >= 4 is 7.92 Å². The second-order valence-corrected chi connectivity index (χ2v) is 7.90. The van der Waals surface area contributed by atoms with Crippen LogP contribution in [-0.4, -0.2) is 12.8 Å². The van der Waals surface area contributed by atoms with Crippen LogP contribution in [0.2, 0.25) is 0 Å². The Morgan fingerprint density at radius 2 is 1.94 bits per heavy atom. The van der Waals surface area contributed by atoms with E-state index in [0.717, 1.165) is 5.92 Å². The van der Waals surface area contributed by atoms with E-state index in [1.165, 1.54) is 34.9 Å². The zero-order valence-electron chi connectivity index (χ0n) is 12.7. The van der Waals surface area contributed by atoms with Crippen LogP contribution in [0.15, 0.2) is 46.3 Å². The lowest BCUT2D eigenvalue weighted by atomic mass is 9.93. The summed E-state index contributed by atoms with van der Waals surface area (Å²) in [6.45, 7) is 13.4. The van der Waals surface area contributed by atoms with E-state index in [4.69, 9.17) is 0 Å². The van der Waals surface area contributed by atoms with E-state index in [0.29, 0.717) is 0 Å². The number of hydrogen-bond acceptors (Lipinski definition) is 0. The van der Waals surface area contributed by atoms with Crippen LogP contribution in [-0.2, 0) is 0 Å². The Labute approximate surface area is 114 Å². The molecule has 0 bridgehead atoms. The van der Waals surface area contributed by atoms with Crippen LogP contribution in [0.25, 0.3) is 0 Å². The standard InChI is InChI=1S/C17H27P/c1-13(2)9-14(3)11-18(6)12-17-8-7-15(4)16(5)10-17/h7,9-11,17H,8,12H2,1-6H3/b14-11-. The molecule has 0 aliphatic heterocycles. The summed E-state index contributed by atoms with van der Waals surface area (Å²) in [7, 11) is 0.0128. The second kappa shape index (κ2) is 7.10. The van der Waals surface area contributed by atoms with Crippen molar-refractivity contribution in [3.05, 3.63) is 46.3 Å². The van der Waals surface area contributed by atoms with E-state index >= 15 is 0 Å². The minimum atomic E-state index is 0.0128. The van der Waals surface area contributed by atoms with Crippen molar-refractivity contribution in [3.8, 4) is 0 Å². The van der Waals surface area contributed by atoms with Crippen molar-refractivity contribution in [2.75, 3.05) is 12.8 Å². The van der Waals surface area contributed by atoms with Crippen molar-refractivity contribution in [3.63, 3.8) is 0 Å². The zero-order chi connectivity index (χ0) is 13.7. The predicted molar refractivity (Wildman–Crippen MR) is 86.5 cm³/mol. The minimum absolute atomic E-state index is 0.0128. The molecule has 1 aliphatic carbocycles. The van der Waals surface area contributed by atoms with Gasteiger partial charge in [-0.15, -0.1) is 0 Å². The molecule has 1 rings (SSSR count). The molecule has 0 heterocycles. The lowest BCUT2D eigenvalue weighted by Gasteiger charge is -2.20. The average Bonchev–Trinajstić information content (AvgIpc) is 2.21. The summed E-state index contributed by atoms with van der Waals surface area (Å²) in [5.74, 6) is 3.22. The summed E-state index contributed by atoms with van der Waals surface area (Å²) in [4.78, 5) is 0. The number of hydrogen-bond donors (Lipinski definition) is 0. The van der Waals surface area contributed by atoms with E-state index in [1.54, 1.807) is 0 Å². The molecule has 0 aromatic heterocycles. The van der Waals surface area contributed by atoms with E-state index in [2.05, 4.69) is 65.3 Å². The fraction of sp³-hybridized carbons (Fsp3) is 0.529. The van der Waals surface area contributed by atoms with E-state index in [1.807, 2.05) is 0 Å². The Morgan fingerprint density at radius 3 is 2.50 bits per heavy atom. The van der Waals surface area contributed by atoms with Crippen LogP contribution < -0.4 is 0 Å². The molecule has 0 N–H and O–H groups in total. The molecule has 2 atom stereocenters. The van der Waals surface area contributed by atoms with Gasteiger partial charge in [0, 0.05) is 0 Å². The fourth-order valence-electron chi connectivity index (χ4n) is 2.43. The quantitative estimate of drug-likeness (QED) is 0.438. The Bertz CT molecular complexity index is 403. The Balaban J connectivity index is 2.57. The topological polar surface area (TPSA) is 0 Å². The number of allylic oxidation sites excluding steroid dienone is 7. The molecule has 0 aromatic carbocycles. The first kappa shape index (κ1) is 15.4. The summed E-state index contributed by atoms with van der Waals surface area (Å²) >= 11 is 0. The van der Waals surface area contributed by atoms with Crippen molar-refractivity contribution in [1.29, 1.82) is 0 Å². The first-order chi connectivity index (χ1) is 8.38. The van der Waals surface area contributed by atoms with Gasteiger partial charge in [0.25, 0.3) is 0 Å². The molecule has 0 amide bonds. The Hall–Kier alpha value is -0.610. The Morgan fingerprint density at radius 1 is 1.28 bits per heavy atom. The smallest absolute Gasteiger partial charge is 0.0151 e. The molecule has 18 heavy (non-hydrogen) atoms. The molecule has 2 unspecified atom stereocenters. The summed E-state index contributed by atoms with van der Waals surface area (Å²) in [5, 5.41) is 0. The van der Waals surface area contributed by atoms with Gasteiger partial charge >= 0.3 is 0 Å². The third kappa shape index (κ3) is 5.36. The third-order valence-corrected chi connectivity index (χ3v) is 5.19. The van der Waals surface area contributed by atoms with E-state index in [9.17, 15) is 0 Å². The maximum absolute atomic E-state index is 2.47. The first-order valence-corrected chi connectivity index (χ1v) is 8.82. The molecule has 1 heteroatoms. The van der Waals surface area contributed by atoms with Gasteiger partial charge in [-0.3, -0.25) is 0 Å². The maximum Gasteiger partial charge on any atom is -0.0151 e. The Kier molecular flexibility index (Phi) is 6.09. The highest BCUT2D eigenvalue weighted by atomic mass is 31.1. The van der Waals surface area contributed by atoms with Gasteiger partial charge in [0.15, 0.2) is 0 Å². The lowest BCUT2D eigenvalue weighted by Crippen LogP contribution is -2.05. The van der Waals surface area contributed by atoms with E-state index < -0.39 is 0 Å². The van der Waals surface area contributed by atoms with Crippen molar-refractivity contribution < 1.29 is 0 Å². The minimum Gasteiger partial charge on any atom is -0.0856 e. The van der Waals surface area contributed by atoms with Gasteiger partial charge in [-0.05, 0) is 59.8 Å². The molecule has 0 saturated heterocycles. The average molecular weight is 262 g/mol. The largest absolute Gasteiger partial charge is 0.0856 e. The molecule has 1 aliphatic rings. The van der Waals surface area contributed by atoms with Gasteiger partial charge in [0.1, 0.15) is 0 Å². The van der Waals surface area contributed by atoms with Crippen LogP contribution in [0, 0.1) is 5.92 Å². The highest BCUT2D eigenvalue weighted by molar-refractivity contribution is 7.60. The van der Waals surface area contributed by atoms with Crippen LogP contribution in [0.3, 0.4) is 0 Å². The van der Waals surface area contributed by atoms with Crippen LogP contribution in [0.5, 0.6) is 0 Å². The molecule has 0 spiro atoms. The number of rotatable bonds is 4. The van der Waals surface area contributed by atoms with Gasteiger partial charge in [-0.1, -0.05) is 54.3 Å². The molecule has 0 aromatic rings.